The molecule has 152 valence electrons. The van der Waals surface area contributed by atoms with E-state index in [0.29, 0.717) is 5.75 Å². The molecule has 0 aliphatic carbocycles. The van der Waals surface area contributed by atoms with Crippen LogP contribution in [0.1, 0.15) is 28.5 Å². The van der Waals surface area contributed by atoms with Crippen LogP contribution in [0, 0.1) is 0 Å². The van der Waals surface area contributed by atoms with Gasteiger partial charge in [-0.05, 0) is 35.2 Å². The van der Waals surface area contributed by atoms with Crippen LogP contribution < -0.4 is 9.47 Å². The average molecular weight is 418 g/mol. The highest BCUT2D eigenvalue weighted by Gasteiger charge is 2.54. The molecule has 1 fully saturated rings. The summed E-state index contributed by atoms with van der Waals surface area (Å²) in [7, 11) is 3.32. The number of hydrogen-bond acceptors (Lipinski definition) is 4. The predicted molar refractivity (Wildman–Crippen MR) is 120 cm³/mol. The van der Waals surface area contributed by atoms with Crippen LogP contribution >= 0.6 is 12.2 Å². The van der Waals surface area contributed by atoms with Crippen molar-refractivity contribution in [2.75, 3.05) is 20.8 Å². The fraction of sp³-hybridized carbons (Fsp3) is 0.240. The summed E-state index contributed by atoms with van der Waals surface area (Å²) in [5, 5.41) is 0. The largest absolute Gasteiger partial charge is 0.493 e. The zero-order valence-electron chi connectivity index (χ0n) is 17.0. The molecule has 0 radical (unpaired) electrons. The van der Waals surface area contributed by atoms with Crippen LogP contribution in [0.5, 0.6) is 11.5 Å². The van der Waals surface area contributed by atoms with Crippen molar-refractivity contribution in [3.05, 3.63) is 95.1 Å². The van der Waals surface area contributed by atoms with Gasteiger partial charge in [-0.15, -0.1) is 0 Å². The third kappa shape index (κ3) is 2.73. The van der Waals surface area contributed by atoms with Crippen molar-refractivity contribution in [2.45, 2.75) is 18.2 Å². The normalized spacial score (nSPS) is 19.2. The number of methoxy groups -OCH3 is 2. The fourth-order valence-corrected chi connectivity index (χ4v) is 5.03. The van der Waals surface area contributed by atoms with Gasteiger partial charge >= 0.3 is 0 Å². The van der Waals surface area contributed by atoms with E-state index in [2.05, 4.69) is 35.2 Å². The Morgan fingerprint density at radius 1 is 0.900 bits per heavy atom. The van der Waals surface area contributed by atoms with Crippen molar-refractivity contribution >= 4 is 17.2 Å². The number of fused-ring (bicyclic) bond motifs is 3. The molecule has 3 aromatic carbocycles. The Labute approximate surface area is 182 Å². The highest BCUT2D eigenvalue weighted by atomic mass is 32.1. The summed E-state index contributed by atoms with van der Waals surface area (Å²) in [6, 6.07) is 24.6. The standard InChI is InChI=1S/C25H23NO3S/c1-27-21-15-17-13-14-26-23(20(17)16-22(21)28-2)29-25(24(26)30,18-9-5-3-6-10-18)19-11-7-4-8-12-19/h3-12,15-16,23H,13-14H2,1-2H3. The van der Waals surface area contributed by atoms with Gasteiger partial charge in [-0.3, -0.25) is 0 Å². The van der Waals surface area contributed by atoms with Crippen LogP contribution in [0.2, 0.25) is 0 Å². The fourth-order valence-electron chi connectivity index (χ4n) is 4.56. The first kappa shape index (κ1) is 19.1. The summed E-state index contributed by atoms with van der Waals surface area (Å²) in [6.07, 6.45) is 0.594. The van der Waals surface area contributed by atoms with Crippen molar-refractivity contribution in [3.63, 3.8) is 0 Å². The number of benzene rings is 3. The van der Waals surface area contributed by atoms with Crippen molar-refractivity contribution in [2.24, 2.45) is 0 Å². The maximum Gasteiger partial charge on any atom is 0.171 e. The lowest BCUT2D eigenvalue weighted by molar-refractivity contribution is -0.0447. The first-order valence-corrected chi connectivity index (χ1v) is 10.4. The van der Waals surface area contributed by atoms with Crippen LogP contribution in [0.15, 0.2) is 72.8 Å². The van der Waals surface area contributed by atoms with Crippen LogP contribution in [0.4, 0.5) is 0 Å². The van der Waals surface area contributed by atoms with Gasteiger partial charge in [0.25, 0.3) is 0 Å². The summed E-state index contributed by atoms with van der Waals surface area (Å²) in [5.74, 6) is 1.44. The van der Waals surface area contributed by atoms with Gasteiger partial charge in [0, 0.05) is 12.1 Å². The summed E-state index contributed by atoms with van der Waals surface area (Å²) in [4.78, 5) is 3.01. The molecular formula is C25H23NO3S. The molecule has 0 amide bonds. The van der Waals surface area contributed by atoms with Gasteiger partial charge in [0.15, 0.2) is 23.3 Å². The minimum atomic E-state index is -0.808. The van der Waals surface area contributed by atoms with Gasteiger partial charge in [0.2, 0.25) is 0 Å². The lowest BCUT2D eigenvalue weighted by atomic mass is 9.86. The zero-order valence-corrected chi connectivity index (χ0v) is 17.8. The molecule has 5 heteroatoms. The van der Waals surface area contributed by atoms with E-state index in [1.54, 1.807) is 14.2 Å². The topological polar surface area (TPSA) is 30.9 Å². The molecule has 2 heterocycles. The molecule has 1 saturated heterocycles. The summed E-state index contributed by atoms with van der Waals surface area (Å²) < 4.78 is 18.0. The number of hydrogen-bond donors (Lipinski definition) is 0. The number of thiocarbonyl (C=S) groups is 1. The molecule has 2 aliphatic rings. The second-order valence-electron chi connectivity index (χ2n) is 7.54. The van der Waals surface area contributed by atoms with E-state index >= 15 is 0 Å². The van der Waals surface area contributed by atoms with Gasteiger partial charge in [0.05, 0.1) is 14.2 Å². The van der Waals surface area contributed by atoms with E-state index in [1.807, 2.05) is 42.5 Å². The first-order chi connectivity index (χ1) is 14.7. The van der Waals surface area contributed by atoms with Crippen molar-refractivity contribution < 1.29 is 14.2 Å². The molecule has 30 heavy (non-hydrogen) atoms. The van der Waals surface area contributed by atoms with E-state index in [4.69, 9.17) is 26.4 Å². The zero-order chi connectivity index (χ0) is 20.7. The summed E-state index contributed by atoms with van der Waals surface area (Å²) in [5.41, 5.74) is 3.55. The molecule has 0 saturated carbocycles. The highest BCUT2D eigenvalue weighted by Crippen LogP contribution is 2.51. The third-order valence-corrected chi connectivity index (χ3v) is 6.55. The van der Waals surface area contributed by atoms with Gasteiger partial charge in [-0.25, -0.2) is 0 Å². The minimum Gasteiger partial charge on any atom is -0.493 e. The molecule has 0 spiro atoms. The summed E-state index contributed by atoms with van der Waals surface area (Å²) >= 11 is 6.10. The monoisotopic (exact) mass is 417 g/mol. The Hall–Kier alpha value is -2.89. The van der Waals surface area contributed by atoms with Crippen molar-refractivity contribution in [3.8, 4) is 11.5 Å². The van der Waals surface area contributed by atoms with Crippen LogP contribution in [-0.2, 0) is 16.8 Å². The predicted octanol–water partition coefficient (Wildman–Crippen LogP) is 4.86. The maximum absolute atomic E-state index is 6.93. The maximum atomic E-state index is 6.93. The Kier molecular flexibility index (Phi) is 4.72. The van der Waals surface area contributed by atoms with E-state index < -0.39 is 5.60 Å². The molecule has 3 aromatic rings. The second-order valence-corrected chi connectivity index (χ2v) is 7.92. The molecule has 4 nitrogen and oxygen atoms in total. The molecule has 5 rings (SSSR count). The van der Waals surface area contributed by atoms with Crippen molar-refractivity contribution in [1.82, 2.24) is 4.90 Å². The van der Waals surface area contributed by atoms with E-state index in [0.717, 1.165) is 40.4 Å². The third-order valence-electron chi connectivity index (χ3n) is 6.03. The van der Waals surface area contributed by atoms with Gasteiger partial charge in [-0.2, -0.15) is 0 Å². The molecule has 1 atom stereocenters. The Bertz CT molecular complexity index is 1040. The number of nitrogens with zero attached hydrogens (tertiary/aromatic N) is 1. The summed E-state index contributed by atoms with van der Waals surface area (Å²) in [6.45, 7) is 0.799. The number of rotatable bonds is 4. The lowest BCUT2D eigenvalue weighted by Crippen LogP contribution is -2.40. The van der Waals surface area contributed by atoms with Gasteiger partial charge < -0.3 is 19.1 Å². The van der Waals surface area contributed by atoms with E-state index in [-0.39, 0.29) is 6.23 Å². The van der Waals surface area contributed by atoms with Gasteiger partial charge in [0.1, 0.15) is 4.99 Å². The highest BCUT2D eigenvalue weighted by molar-refractivity contribution is 7.80. The first-order valence-electron chi connectivity index (χ1n) is 10.0. The molecule has 0 aromatic heterocycles. The lowest BCUT2D eigenvalue weighted by Gasteiger charge is -2.32. The molecule has 1 unspecified atom stereocenters. The van der Waals surface area contributed by atoms with Crippen molar-refractivity contribution in [1.29, 1.82) is 0 Å². The van der Waals surface area contributed by atoms with Crippen LogP contribution in [0.3, 0.4) is 0 Å². The van der Waals surface area contributed by atoms with E-state index in [9.17, 15) is 0 Å². The second kappa shape index (κ2) is 7.42. The number of ether oxygens (including phenoxy) is 3. The molecular weight excluding hydrogens is 394 g/mol. The quantitative estimate of drug-likeness (QED) is 0.566. The molecule has 0 N–H and O–H groups in total. The van der Waals surface area contributed by atoms with Crippen LogP contribution in [0.25, 0.3) is 0 Å². The molecule has 2 aliphatic heterocycles. The SMILES string of the molecule is COc1cc2c(cc1OC)C1OC(c3ccccc3)(c3ccccc3)C(=S)N1CC2. The van der Waals surface area contributed by atoms with Crippen LogP contribution in [-0.4, -0.2) is 30.7 Å². The van der Waals surface area contributed by atoms with Gasteiger partial charge in [-0.1, -0.05) is 72.9 Å². The smallest absolute Gasteiger partial charge is 0.171 e. The Morgan fingerprint density at radius 3 is 2.03 bits per heavy atom. The minimum absolute atomic E-state index is 0.276. The Balaban J connectivity index is 1.68. The molecule has 0 bridgehead atoms. The van der Waals surface area contributed by atoms with E-state index in [1.165, 1.54) is 5.56 Å². The average Bonchev–Trinajstić information content (AvgIpc) is 3.13. The Morgan fingerprint density at radius 2 is 1.47 bits per heavy atom.